The van der Waals surface area contributed by atoms with E-state index in [4.69, 9.17) is 0 Å². The maximum absolute atomic E-state index is 12.7. The monoisotopic (exact) mass is 407 g/mol. The molecular formula is C17H20F3N9. The summed E-state index contributed by atoms with van der Waals surface area (Å²) in [5, 5.41) is 17.1. The summed E-state index contributed by atoms with van der Waals surface area (Å²) < 4.78 is 39.9. The summed E-state index contributed by atoms with van der Waals surface area (Å²) in [7, 11) is 0. The maximum atomic E-state index is 12.7. The van der Waals surface area contributed by atoms with Crippen LogP contribution in [0.1, 0.15) is 18.4 Å². The molecule has 12 heteroatoms. The second kappa shape index (κ2) is 9.17. The molecule has 0 saturated heterocycles. The number of aromatic nitrogens is 5. The summed E-state index contributed by atoms with van der Waals surface area (Å²) in [6.07, 6.45) is -1.58. The van der Waals surface area contributed by atoms with E-state index in [1.54, 1.807) is 0 Å². The van der Waals surface area contributed by atoms with Gasteiger partial charge in [0.15, 0.2) is 17.4 Å². The standard InChI is InChI=1S/C17H20F3N9/c1-2-21-15(25-11-14-28-27-13-5-3-4-10-29(13)14)23-8-9-24-16-22-7-6-12(26-16)17(18,19)20/h3-7,10H,2,8-9,11H2,1H3,(H2,21,23,25)(H,22,24,26). The lowest BCUT2D eigenvalue weighted by atomic mass is 10.4. The van der Waals surface area contributed by atoms with E-state index in [9.17, 15) is 13.2 Å². The van der Waals surface area contributed by atoms with Gasteiger partial charge in [0.2, 0.25) is 5.95 Å². The van der Waals surface area contributed by atoms with Crippen LogP contribution in [0.2, 0.25) is 0 Å². The summed E-state index contributed by atoms with van der Waals surface area (Å²) in [6, 6.07) is 6.44. The first kappa shape index (κ1) is 20.3. The minimum Gasteiger partial charge on any atom is -0.357 e. The van der Waals surface area contributed by atoms with Gasteiger partial charge in [-0.3, -0.25) is 4.40 Å². The van der Waals surface area contributed by atoms with Crippen molar-refractivity contribution < 1.29 is 13.2 Å². The number of guanidine groups is 1. The molecular weight excluding hydrogens is 387 g/mol. The molecule has 3 N–H and O–H groups in total. The lowest BCUT2D eigenvalue weighted by Crippen LogP contribution is -2.39. The van der Waals surface area contributed by atoms with E-state index in [-0.39, 0.29) is 5.95 Å². The first-order chi connectivity index (χ1) is 14.0. The predicted octanol–water partition coefficient (Wildman–Crippen LogP) is 1.71. The Bertz CT molecular complexity index is 968. The van der Waals surface area contributed by atoms with Gasteiger partial charge in [0.25, 0.3) is 0 Å². The van der Waals surface area contributed by atoms with Crippen LogP contribution in [0.3, 0.4) is 0 Å². The minimum absolute atomic E-state index is 0.0847. The lowest BCUT2D eigenvalue weighted by molar-refractivity contribution is -0.141. The second-order valence-electron chi connectivity index (χ2n) is 5.86. The van der Waals surface area contributed by atoms with Gasteiger partial charge in [0.1, 0.15) is 12.2 Å². The Morgan fingerprint density at radius 1 is 1.14 bits per heavy atom. The van der Waals surface area contributed by atoms with E-state index in [0.717, 1.165) is 17.9 Å². The molecule has 0 radical (unpaired) electrons. The molecule has 0 bridgehead atoms. The molecule has 0 spiro atoms. The molecule has 0 aliphatic heterocycles. The van der Waals surface area contributed by atoms with Gasteiger partial charge in [0, 0.05) is 32.0 Å². The Hall–Kier alpha value is -3.44. The molecule has 0 aromatic carbocycles. The van der Waals surface area contributed by atoms with Gasteiger partial charge < -0.3 is 16.0 Å². The Morgan fingerprint density at radius 2 is 2.00 bits per heavy atom. The SMILES string of the molecule is CCNC(=NCc1nnc2ccccn12)NCCNc1nccc(C(F)(F)F)n1. The van der Waals surface area contributed by atoms with E-state index in [1.807, 2.05) is 35.7 Å². The molecule has 3 aromatic rings. The highest BCUT2D eigenvalue weighted by atomic mass is 19.4. The van der Waals surface area contributed by atoms with Crippen LogP contribution in [-0.4, -0.2) is 50.2 Å². The van der Waals surface area contributed by atoms with Crippen LogP contribution in [0.15, 0.2) is 41.7 Å². The fraction of sp³-hybridized carbons (Fsp3) is 0.353. The zero-order valence-electron chi connectivity index (χ0n) is 15.6. The van der Waals surface area contributed by atoms with E-state index in [1.165, 1.54) is 0 Å². The third-order valence-electron chi connectivity index (χ3n) is 3.75. The molecule has 3 rings (SSSR count). The van der Waals surface area contributed by atoms with Crippen LogP contribution in [0.25, 0.3) is 5.65 Å². The molecule has 154 valence electrons. The topological polar surface area (TPSA) is 104 Å². The van der Waals surface area contributed by atoms with Crippen LogP contribution in [0.5, 0.6) is 0 Å². The van der Waals surface area contributed by atoms with Crippen LogP contribution in [0.4, 0.5) is 19.1 Å². The number of halogens is 3. The summed E-state index contributed by atoms with van der Waals surface area (Å²) in [6.45, 7) is 3.59. The zero-order chi connectivity index (χ0) is 20.7. The Balaban J connectivity index is 1.54. The van der Waals surface area contributed by atoms with Gasteiger partial charge in [-0.1, -0.05) is 6.07 Å². The number of alkyl halides is 3. The quantitative estimate of drug-likeness (QED) is 0.311. The zero-order valence-corrected chi connectivity index (χ0v) is 15.6. The molecule has 3 aromatic heterocycles. The summed E-state index contributed by atoms with van der Waals surface area (Å²) in [5.41, 5.74) is -0.251. The molecule has 3 heterocycles. The average molecular weight is 407 g/mol. The molecule has 0 unspecified atom stereocenters. The number of aliphatic imine (C=N–C) groups is 1. The number of pyridine rings is 1. The largest absolute Gasteiger partial charge is 0.433 e. The van der Waals surface area contributed by atoms with E-state index in [2.05, 4.69) is 41.1 Å². The number of nitrogens with one attached hydrogen (secondary N) is 3. The number of fused-ring (bicyclic) bond motifs is 1. The van der Waals surface area contributed by atoms with Crippen molar-refractivity contribution in [1.82, 2.24) is 35.2 Å². The molecule has 0 aliphatic rings. The van der Waals surface area contributed by atoms with Gasteiger partial charge in [-0.15, -0.1) is 10.2 Å². The van der Waals surface area contributed by atoms with Crippen molar-refractivity contribution in [2.24, 2.45) is 4.99 Å². The van der Waals surface area contributed by atoms with Crippen LogP contribution in [-0.2, 0) is 12.7 Å². The van der Waals surface area contributed by atoms with Crippen molar-refractivity contribution in [2.75, 3.05) is 25.0 Å². The van der Waals surface area contributed by atoms with E-state index >= 15 is 0 Å². The highest BCUT2D eigenvalue weighted by Gasteiger charge is 2.32. The van der Waals surface area contributed by atoms with Gasteiger partial charge in [-0.2, -0.15) is 13.2 Å². The highest BCUT2D eigenvalue weighted by Crippen LogP contribution is 2.27. The third kappa shape index (κ3) is 5.53. The second-order valence-corrected chi connectivity index (χ2v) is 5.86. The van der Waals surface area contributed by atoms with E-state index in [0.29, 0.717) is 38.0 Å². The Kier molecular flexibility index (Phi) is 6.42. The minimum atomic E-state index is -4.51. The van der Waals surface area contributed by atoms with E-state index < -0.39 is 11.9 Å². The number of anilines is 1. The fourth-order valence-corrected chi connectivity index (χ4v) is 2.45. The third-order valence-corrected chi connectivity index (χ3v) is 3.75. The smallest absolute Gasteiger partial charge is 0.357 e. The molecule has 9 nitrogen and oxygen atoms in total. The van der Waals surface area contributed by atoms with Crippen LogP contribution >= 0.6 is 0 Å². The van der Waals surface area contributed by atoms with Gasteiger partial charge in [-0.05, 0) is 25.1 Å². The molecule has 0 amide bonds. The van der Waals surface area contributed by atoms with Crippen molar-refractivity contribution in [1.29, 1.82) is 0 Å². The maximum Gasteiger partial charge on any atom is 0.433 e. The van der Waals surface area contributed by atoms with Gasteiger partial charge >= 0.3 is 6.18 Å². The van der Waals surface area contributed by atoms with Crippen molar-refractivity contribution in [3.05, 3.63) is 48.2 Å². The van der Waals surface area contributed by atoms with Gasteiger partial charge in [-0.25, -0.2) is 15.0 Å². The average Bonchev–Trinajstić information content (AvgIpc) is 3.12. The first-order valence-electron chi connectivity index (χ1n) is 8.92. The van der Waals surface area contributed by atoms with Crippen LogP contribution < -0.4 is 16.0 Å². The normalized spacial score (nSPS) is 12.2. The summed E-state index contributed by atoms with van der Waals surface area (Å²) >= 11 is 0. The van der Waals surface area contributed by atoms with Crippen molar-refractivity contribution >= 4 is 17.6 Å². The summed E-state index contributed by atoms with van der Waals surface area (Å²) in [4.78, 5) is 11.7. The number of hydrogen-bond acceptors (Lipinski definition) is 6. The van der Waals surface area contributed by atoms with Crippen molar-refractivity contribution in [3.8, 4) is 0 Å². The first-order valence-corrected chi connectivity index (χ1v) is 8.92. The number of rotatable bonds is 7. The Morgan fingerprint density at radius 3 is 2.79 bits per heavy atom. The highest BCUT2D eigenvalue weighted by molar-refractivity contribution is 5.79. The molecule has 0 aliphatic carbocycles. The number of nitrogens with zero attached hydrogens (tertiary/aromatic N) is 6. The molecule has 29 heavy (non-hydrogen) atoms. The molecule has 0 atom stereocenters. The predicted molar refractivity (Wildman–Crippen MR) is 101 cm³/mol. The van der Waals surface area contributed by atoms with Crippen molar-refractivity contribution in [2.45, 2.75) is 19.6 Å². The molecule has 0 fully saturated rings. The fourth-order valence-electron chi connectivity index (χ4n) is 2.45. The van der Waals surface area contributed by atoms with Gasteiger partial charge in [0.05, 0.1) is 0 Å². The summed E-state index contributed by atoms with van der Waals surface area (Å²) in [5.74, 6) is 1.15. The Labute approximate surface area is 164 Å². The van der Waals surface area contributed by atoms with Crippen LogP contribution in [0, 0.1) is 0 Å². The molecule has 0 saturated carbocycles. The lowest BCUT2D eigenvalue weighted by Gasteiger charge is -2.12. The van der Waals surface area contributed by atoms with Crippen molar-refractivity contribution in [3.63, 3.8) is 0 Å². The number of hydrogen-bond donors (Lipinski definition) is 3.